The number of fused-ring (bicyclic) bond motifs is 1. The van der Waals surface area contributed by atoms with Crippen molar-refractivity contribution in [2.24, 2.45) is 23.2 Å². The zero-order valence-corrected chi connectivity index (χ0v) is 16.1. The fourth-order valence-corrected chi connectivity index (χ4v) is 6.69. The fourth-order valence-electron chi connectivity index (χ4n) is 6.69. The van der Waals surface area contributed by atoms with Gasteiger partial charge in [0.15, 0.2) is 5.76 Å². The number of carbonyl (C=O) groups excluding carboxylic acids is 1. The largest absolute Gasteiger partial charge is 0.451 e. The van der Waals surface area contributed by atoms with E-state index in [-0.39, 0.29) is 5.91 Å². The predicted molar refractivity (Wildman–Crippen MR) is 104 cm³/mol. The minimum Gasteiger partial charge on any atom is -0.451 e. The van der Waals surface area contributed by atoms with Gasteiger partial charge in [-0.2, -0.15) is 0 Å². The molecule has 1 aromatic carbocycles. The van der Waals surface area contributed by atoms with E-state index in [4.69, 9.17) is 9.15 Å². The molecule has 0 unspecified atom stereocenters. The fraction of sp³-hybridized carbons (Fsp3) is 0.609. The second kappa shape index (κ2) is 6.66. The lowest BCUT2D eigenvalue weighted by Gasteiger charge is -2.57. The predicted octanol–water partition coefficient (Wildman–Crippen LogP) is 4.92. The van der Waals surface area contributed by atoms with Crippen LogP contribution in [0.2, 0.25) is 0 Å². The van der Waals surface area contributed by atoms with E-state index in [1.807, 2.05) is 24.3 Å². The lowest BCUT2D eigenvalue weighted by atomic mass is 9.49. The lowest BCUT2D eigenvalue weighted by molar-refractivity contribution is -0.0564. The highest BCUT2D eigenvalue weighted by molar-refractivity contribution is 5.99. The van der Waals surface area contributed by atoms with Crippen LogP contribution in [0.1, 0.15) is 61.1 Å². The van der Waals surface area contributed by atoms with Crippen LogP contribution in [0.15, 0.2) is 28.7 Å². The molecular formula is C23H29NO3. The van der Waals surface area contributed by atoms with Gasteiger partial charge in [-0.1, -0.05) is 18.2 Å². The molecule has 4 fully saturated rings. The van der Waals surface area contributed by atoms with Gasteiger partial charge in [0.1, 0.15) is 5.58 Å². The molecule has 4 aliphatic carbocycles. The topological polar surface area (TPSA) is 51.5 Å². The minimum absolute atomic E-state index is 0.108. The molecule has 4 nitrogen and oxygen atoms in total. The van der Waals surface area contributed by atoms with Crippen molar-refractivity contribution in [1.29, 1.82) is 0 Å². The van der Waals surface area contributed by atoms with Gasteiger partial charge in [-0.3, -0.25) is 4.79 Å². The van der Waals surface area contributed by atoms with Crippen LogP contribution in [-0.2, 0) is 11.3 Å². The van der Waals surface area contributed by atoms with Crippen LogP contribution < -0.4 is 5.32 Å². The summed E-state index contributed by atoms with van der Waals surface area (Å²) in [5.74, 6) is 3.16. The van der Waals surface area contributed by atoms with Crippen LogP contribution >= 0.6 is 0 Å². The Balaban J connectivity index is 1.27. The third kappa shape index (κ3) is 3.08. The van der Waals surface area contributed by atoms with E-state index < -0.39 is 0 Å². The van der Waals surface area contributed by atoms with E-state index >= 15 is 0 Å². The average Bonchev–Trinajstić information content (AvgIpc) is 3.00. The summed E-state index contributed by atoms with van der Waals surface area (Å²) >= 11 is 0. The van der Waals surface area contributed by atoms with Crippen LogP contribution in [0, 0.1) is 23.2 Å². The van der Waals surface area contributed by atoms with Gasteiger partial charge in [-0.15, -0.1) is 0 Å². The summed E-state index contributed by atoms with van der Waals surface area (Å²) in [4.78, 5) is 12.8. The van der Waals surface area contributed by atoms with Crippen molar-refractivity contribution in [2.75, 3.05) is 13.7 Å². The second-order valence-electron chi connectivity index (χ2n) is 9.26. The summed E-state index contributed by atoms with van der Waals surface area (Å²) in [6.07, 6.45) is 9.65. The molecule has 0 radical (unpaired) electrons. The summed E-state index contributed by atoms with van der Waals surface area (Å²) in [6, 6.07) is 7.78. The van der Waals surface area contributed by atoms with Crippen molar-refractivity contribution in [2.45, 2.75) is 51.6 Å². The van der Waals surface area contributed by atoms with Crippen LogP contribution in [0.5, 0.6) is 0 Å². The molecule has 4 heteroatoms. The number of hydrogen-bond acceptors (Lipinski definition) is 3. The molecule has 1 N–H and O–H groups in total. The number of methoxy groups -OCH3 is 1. The molecule has 144 valence electrons. The summed E-state index contributed by atoms with van der Waals surface area (Å²) in [5, 5.41) is 4.11. The van der Waals surface area contributed by atoms with Crippen molar-refractivity contribution in [3.63, 3.8) is 0 Å². The number of para-hydroxylation sites is 1. The summed E-state index contributed by atoms with van der Waals surface area (Å²) < 4.78 is 11.2. The molecule has 27 heavy (non-hydrogen) atoms. The molecule has 4 bridgehead atoms. The Morgan fingerprint density at radius 3 is 2.48 bits per heavy atom. The third-order valence-electron chi connectivity index (χ3n) is 7.30. The van der Waals surface area contributed by atoms with Crippen LogP contribution in [0.3, 0.4) is 0 Å². The second-order valence-corrected chi connectivity index (χ2v) is 9.26. The maximum absolute atomic E-state index is 12.8. The quantitative estimate of drug-likeness (QED) is 0.789. The first-order chi connectivity index (χ1) is 13.2. The van der Waals surface area contributed by atoms with E-state index in [0.29, 0.717) is 17.8 Å². The summed E-state index contributed by atoms with van der Waals surface area (Å²) in [7, 11) is 1.65. The average molecular weight is 367 g/mol. The SMILES string of the molecule is COCc1c(C(=O)NCCC23CC4CC(CC(C4)C2)C3)oc2ccccc12. The Morgan fingerprint density at radius 1 is 1.15 bits per heavy atom. The monoisotopic (exact) mass is 367 g/mol. The Kier molecular flexibility index (Phi) is 4.27. The molecule has 0 spiro atoms. The number of rotatable bonds is 6. The highest BCUT2D eigenvalue weighted by atomic mass is 16.5. The van der Waals surface area contributed by atoms with E-state index in [0.717, 1.165) is 47.3 Å². The van der Waals surface area contributed by atoms with Crippen LogP contribution in [-0.4, -0.2) is 19.6 Å². The first kappa shape index (κ1) is 17.3. The Labute approximate surface area is 160 Å². The number of nitrogens with one attached hydrogen (secondary N) is 1. The molecule has 4 aliphatic rings. The minimum atomic E-state index is -0.108. The van der Waals surface area contributed by atoms with Gasteiger partial charge in [-0.25, -0.2) is 0 Å². The van der Waals surface area contributed by atoms with Gasteiger partial charge >= 0.3 is 0 Å². The van der Waals surface area contributed by atoms with Crippen LogP contribution in [0.25, 0.3) is 11.0 Å². The highest BCUT2D eigenvalue weighted by Gasteiger charge is 2.50. The van der Waals surface area contributed by atoms with Crippen molar-refractivity contribution < 1.29 is 13.9 Å². The number of benzene rings is 1. The maximum Gasteiger partial charge on any atom is 0.287 e. The summed E-state index contributed by atoms with van der Waals surface area (Å²) in [5.41, 5.74) is 2.09. The molecule has 0 aliphatic heterocycles. The van der Waals surface area contributed by atoms with Gasteiger partial charge in [-0.05, 0) is 74.2 Å². The first-order valence-corrected chi connectivity index (χ1v) is 10.4. The Hall–Kier alpha value is -1.81. The smallest absolute Gasteiger partial charge is 0.287 e. The number of amides is 1. The Morgan fingerprint density at radius 2 is 1.81 bits per heavy atom. The number of ether oxygens (including phenoxy) is 1. The molecule has 0 atom stereocenters. The lowest BCUT2D eigenvalue weighted by Crippen LogP contribution is -2.47. The molecule has 1 heterocycles. The van der Waals surface area contributed by atoms with Crippen molar-refractivity contribution in [1.82, 2.24) is 5.32 Å². The first-order valence-electron chi connectivity index (χ1n) is 10.4. The third-order valence-corrected chi connectivity index (χ3v) is 7.30. The molecule has 0 saturated heterocycles. The highest BCUT2D eigenvalue weighted by Crippen LogP contribution is 2.61. The molecule has 1 aromatic heterocycles. The van der Waals surface area contributed by atoms with Gasteiger partial charge in [0.05, 0.1) is 6.61 Å². The molecular weight excluding hydrogens is 338 g/mol. The zero-order valence-electron chi connectivity index (χ0n) is 16.1. The number of carbonyl (C=O) groups is 1. The standard InChI is InChI=1S/C23H29NO3/c1-26-14-19-18-4-2-3-5-20(18)27-21(19)22(25)24-7-6-23-11-15-8-16(12-23)10-17(9-15)13-23/h2-5,15-17H,6-14H2,1H3,(H,24,25). The normalized spacial score (nSPS) is 31.5. The van der Waals surface area contributed by atoms with Crippen molar-refractivity contribution in [3.05, 3.63) is 35.6 Å². The maximum atomic E-state index is 12.8. The zero-order chi connectivity index (χ0) is 18.4. The van der Waals surface area contributed by atoms with E-state index in [2.05, 4.69) is 5.32 Å². The molecule has 1 amide bonds. The molecule has 4 saturated carbocycles. The Bertz CT molecular complexity index is 817. The summed E-state index contributed by atoms with van der Waals surface area (Å²) in [6.45, 7) is 1.13. The van der Waals surface area contributed by atoms with Crippen molar-refractivity contribution >= 4 is 16.9 Å². The molecule has 6 rings (SSSR count). The van der Waals surface area contributed by atoms with Gasteiger partial charge in [0.25, 0.3) is 5.91 Å². The van der Waals surface area contributed by atoms with E-state index in [1.165, 1.54) is 38.5 Å². The van der Waals surface area contributed by atoms with Gasteiger partial charge < -0.3 is 14.5 Å². The van der Waals surface area contributed by atoms with Gasteiger partial charge in [0, 0.05) is 24.6 Å². The van der Waals surface area contributed by atoms with Crippen molar-refractivity contribution in [3.8, 4) is 0 Å². The van der Waals surface area contributed by atoms with Gasteiger partial charge in [0.2, 0.25) is 0 Å². The van der Waals surface area contributed by atoms with Crippen LogP contribution in [0.4, 0.5) is 0 Å². The number of hydrogen-bond donors (Lipinski definition) is 1. The number of furan rings is 1. The molecule has 2 aromatic rings. The van der Waals surface area contributed by atoms with E-state index in [1.54, 1.807) is 7.11 Å². The van der Waals surface area contributed by atoms with E-state index in [9.17, 15) is 4.79 Å².